The predicted molar refractivity (Wildman–Crippen MR) is 52.4 cm³/mol. The maximum absolute atomic E-state index is 8.57. The summed E-state index contributed by atoms with van der Waals surface area (Å²) in [5, 5.41) is 8.57. The highest BCUT2D eigenvalue weighted by atomic mass is 16.2. The number of likely N-dealkylation sites (N-methyl/N-ethyl adjacent to an activating group) is 2. The number of aliphatic hydroxyl groups excluding tert-OH is 1. The van der Waals surface area contributed by atoms with E-state index in [9.17, 15) is 0 Å². The number of aliphatic hydroxyl groups is 1. The third-order valence-corrected chi connectivity index (χ3v) is 1.88. The van der Waals surface area contributed by atoms with Crippen molar-refractivity contribution >= 4 is 0 Å². The van der Waals surface area contributed by atoms with Gasteiger partial charge in [0, 0.05) is 19.7 Å². The highest BCUT2D eigenvalue weighted by molar-refractivity contribution is 4.53. The number of rotatable bonds is 7. The minimum absolute atomic E-state index is 0.321. The molecule has 0 radical (unpaired) electrons. The fourth-order valence-electron chi connectivity index (χ4n) is 0.976. The van der Waals surface area contributed by atoms with Crippen molar-refractivity contribution in [2.75, 3.05) is 47.4 Å². The second-order valence-electron chi connectivity index (χ2n) is 3.54. The highest BCUT2D eigenvalue weighted by Gasteiger charge is 1.97. The van der Waals surface area contributed by atoms with Gasteiger partial charge in [-0.1, -0.05) is 0 Å². The largest absolute Gasteiger partial charge is 0.396 e. The fraction of sp³-hybridized carbons (Fsp3) is 1.00. The van der Waals surface area contributed by atoms with Gasteiger partial charge in [0.1, 0.15) is 0 Å². The average molecular weight is 174 g/mol. The van der Waals surface area contributed by atoms with E-state index < -0.39 is 0 Å². The van der Waals surface area contributed by atoms with Gasteiger partial charge >= 0.3 is 0 Å². The first-order valence-corrected chi connectivity index (χ1v) is 4.61. The van der Waals surface area contributed by atoms with Crippen LogP contribution in [-0.2, 0) is 0 Å². The minimum atomic E-state index is 0.321. The molecule has 0 rings (SSSR count). The summed E-state index contributed by atoms with van der Waals surface area (Å²) in [7, 11) is 6.30. The molecule has 0 saturated carbocycles. The Morgan fingerprint density at radius 1 is 0.917 bits per heavy atom. The molecule has 0 aliphatic heterocycles. The Bertz CT molecular complexity index is 96.5. The van der Waals surface area contributed by atoms with Gasteiger partial charge in [-0.2, -0.15) is 0 Å². The van der Waals surface area contributed by atoms with Crippen LogP contribution in [0, 0.1) is 0 Å². The fourth-order valence-corrected chi connectivity index (χ4v) is 0.976. The molecule has 0 atom stereocenters. The lowest BCUT2D eigenvalue weighted by molar-refractivity contribution is 0.250. The normalized spacial score (nSPS) is 11.5. The number of nitrogens with zero attached hydrogens (tertiary/aromatic N) is 2. The van der Waals surface area contributed by atoms with Crippen LogP contribution in [0.5, 0.6) is 0 Å². The number of hydrogen-bond acceptors (Lipinski definition) is 3. The van der Waals surface area contributed by atoms with Crippen molar-refractivity contribution in [1.29, 1.82) is 0 Å². The van der Waals surface area contributed by atoms with Crippen molar-refractivity contribution in [2.45, 2.75) is 12.8 Å². The molecule has 0 aliphatic carbocycles. The maximum atomic E-state index is 8.57. The molecule has 0 bridgehead atoms. The SMILES string of the molecule is CN(C)CCN(C)CCCCO. The molecule has 0 spiro atoms. The van der Waals surface area contributed by atoms with Gasteiger partial charge in [-0.15, -0.1) is 0 Å². The van der Waals surface area contributed by atoms with Crippen LogP contribution in [0.2, 0.25) is 0 Å². The minimum Gasteiger partial charge on any atom is -0.396 e. The van der Waals surface area contributed by atoms with Gasteiger partial charge < -0.3 is 14.9 Å². The summed E-state index contributed by atoms with van der Waals surface area (Å²) < 4.78 is 0. The Morgan fingerprint density at radius 2 is 1.58 bits per heavy atom. The first-order valence-electron chi connectivity index (χ1n) is 4.61. The molecule has 0 unspecified atom stereocenters. The van der Waals surface area contributed by atoms with Crippen LogP contribution >= 0.6 is 0 Å². The molecular weight excluding hydrogens is 152 g/mol. The van der Waals surface area contributed by atoms with Crippen molar-refractivity contribution in [2.24, 2.45) is 0 Å². The lowest BCUT2D eigenvalue weighted by atomic mass is 10.3. The van der Waals surface area contributed by atoms with Crippen molar-refractivity contribution in [3.63, 3.8) is 0 Å². The second kappa shape index (κ2) is 7.53. The van der Waals surface area contributed by atoms with Crippen LogP contribution < -0.4 is 0 Å². The number of hydrogen-bond donors (Lipinski definition) is 1. The zero-order valence-electron chi connectivity index (χ0n) is 8.58. The van der Waals surface area contributed by atoms with E-state index in [2.05, 4.69) is 30.9 Å². The Hall–Kier alpha value is -0.120. The van der Waals surface area contributed by atoms with Crippen LogP contribution in [0.25, 0.3) is 0 Å². The van der Waals surface area contributed by atoms with E-state index >= 15 is 0 Å². The quantitative estimate of drug-likeness (QED) is 0.561. The molecule has 0 aromatic rings. The van der Waals surface area contributed by atoms with Gasteiger partial charge in [-0.3, -0.25) is 0 Å². The topological polar surface area (TPSA) is 26.7 Å². The van der Waals surface area contributed by atoms with Gasteiger partial charge in [0.2, 0.25) is 0 Å². The molecule has 0 aromatic carbocycles. The molecule has 0 aromatic heterocycles. The van der Waals surface area contributed by atoms with Crippen LogP contribution in [0.3, 0.4) is 0 Å². The highest BCUT2D eigenvalue weighted by Crippen LogP contribution is 1.91. The van der Waals surface area contributed by atoms with Crippen LogP contribution in [0.15, 0.2) is 0 Å². The van der Waals surface area contributed by atoms with E-state index in [4.69, 9.17) is 5.11 Å². The molecular formula is C9H22N2O. The molecule has 1 N–H and O–H groups in total. The Labute approximate surface area is 76.0 Å². The summed E-state index contributed by atoms with van der Waals surface area (Å²) in [4.78, 5) is 4.48. The lowest BCUT2D eigenvalue weighted by Gasteiger charge is -2.18. The van der Waals surface area contributed by atoms with E-state index in [1.54, 1.807) is 0 Å². The van der Waals surface area contributed by atoms with E-state index in [0.717, 1.165) is 32.5 Å². The van der Waals surface area contributed by atoms with Crippen molar-refractivity contribution in [3.8, 4) is 0 Å². The Balaban J connectivity index is 3.15. The van der Waals surface area contributed by atoms with E-state index in [-0.39, 0.29) is 0 Å². The summed E-state index contributed by atoms with van der Waals surface area (Å²) in [5.41, 5.74) is 0. The van der Waals surface area contributed by atoms with Gasteiger partial charge in [-0.25, -0.2) is 0 Å². The van der Waals surface area contributed by atoms with E-state index in [1.165, 1.54) is 0 Å². The summed E-state index contributed by atoms with van der Waals surface area (Å²) >= 11 is 0. The van der Waals surface area contributed by atoms with Crippen molar-refractivity contribution in [3.05, 3.63) is 0 Å². The van der Waals surface area contributed by atoms with Crippen LogP contribution in [-0.4, -0.2) is 62.3 Å². The maximum Gasteiger partial charge on any atom is 0.0431 e. The molecule has 0 heterocycles. The molecule has 3 nitrogen and oxygen atoms in total. The Kier molecular flexibility index (Phi) is 7.45. The summed E-state index contributed by atoms with van der Waals surface area (Å²) in [6.45, 7) is 3.63. The monoisotopic (exact) mass is 174 g/mol. The summed E-state index contributed by atoms with van der Waals surface area (Å²) in [5.74, 6) is 0. The third-order valence-electron chi connectivity index (χ3n) is 1.88. The molecule has 0 fully saturated rings. The molecule has 12 heavy (non-hydrogen) atoms. The van der Waals surface area contributed by atoms with Gasteiger partial charge in [0.05, 0.1) is 0 Å². The van der Waals surface area contributed by atoms with Gasteiger partial charge in [-0.05, 0) is 40.5 Å². The predicted octanol–water partition coefficient (Wildman–Crippen LogP) is 0.252. The summed E-state index contributed by atoms with van der Waals surface area (Å²) in [6.07, 6.45) is 2.02. The third kappa shape index (κ3) is 7.98. The van der Waals surface area contributed by atoms with Crippen molar-refractivity contribution < 1.29 is 5.11 Å². The smallest absolute Gasteiger partial charge is 0.0431 e. The first-order chi connectivity index (χ1) is 5.66. The molecule has 0 aliphatic rings. The van der Waals surface area contributed by atoms with Gasteiger partial charge in [0.15, 0.2) is 0 Å². The van der Waals surface area contributed by atoms with E-state index in [1.807, 2.05) is 0 Å². The van der Waals surface area contributed by atoms with Gasteiger partial charge in [0.25, 0.3) is 0 Å². The Morgan fingerprint density at radius 3 is 2.08 bits per heavy atom. The summed E-state index contributed by atoms with van der Waals surface area (Å²) in [6, 6.07) is 0. The van der Waals surface area contributed by atoms with Crippen LogP contribution in [0.4, 0.5) is 0 Å². The molecule has 74 valence electrons. The molecule has 0 saturated heterocycles. The van der Waals surface area contributed by atoms with E-state index in [0.29, 0.717) is 6.61 Å². The number of unbranched alkanes of at least 4 members (excludes halogenated alkanes) is 1. The average Bonchev–Trinajstić information content (AvgIpc) is 2.01. The molecule has 0 amide bonds. The zero-order chi connectivity index (χ0) is 9.40. The van der Waals surface area contributed by atoms with Crippen LogP contribution in [0.1, 0.15) is 12.8 Å². The first kappa shape index (κ1) is 11.9. The second-order valence-corrected chi connectivity index (χ2v) is 3.54. The lowest BCUT2D eigenvalue weighted by Crippen LogP contribution is -2.29. The zero-order valence-corrected chi connectivity index (χ0v) is 8.58. The van der Waals surface area contributed by atoms with Crippen molar-refractivity contribution in [1.82, 2.24) is 9.80 Å². The molecule has 3 heteroatoms. The standard InChI is InChI=1S/C9H22N2O/c1-10(2)7-8-11(3)6-4-5-9-12/h12H,4-9H2,1-3H3.